The number of rotatable bonds is 8. The molecule has 6 nitrogen and oxygen atoms in total. The van der Waals surface area contributed by atoms with Gasteiger partial charge >= 0.3 is 0 Å². The van der Waals surface area contributed by atoms with Crippen molar-refractivity contribution in [3.8, 4) is 11.3 Å². The molecule has 1 N–H and O–H groups in total. The average Bonchev–Trinajstić information content (AvgIpc) is 3.34. The summed E-state index contributed by atoms with van der Waals surface area (Å²) in [6, 6.07) is 12.7. The second-order valence-corrected chi connectivity index (χ2v) is 7.52. The number of aromatic nitrogens is 5. The Morgan fingerprint density at radius 3 is 2.68 bits per heavy atom. The first kappa shape index (κ1) is 18.2. The largest absolute Gasteiger partial charge is 0.370 e. The summed E-state index contributed by atoms with van der Waals surface area (Å²) in [6.07, 6.45) is 9.69. The van der Waals surface area contributed by atoms with E-state index in [2.05, 4.69) is 63.1 Å². The van der Waals surface area contributed by atoms with Gasteiger partial charge in [-0.05, 0) is 30.4 Å². The maximum atomic E-state index is 4.68. The van der Waals surface area contributed by atoms with Gasteiger partial charge in [0.25, 0.3) is 0 Å². The van der Waals surface area contributed by atoms with Gasteiger partial charge in [0, 0.05) is 43.3 Å². The molecule has 0 aliphatic rings. The lowest BCUT2D eigenvalue weighted by atomic mass is 10.0. The van der Waals surface area contributed by atoms with E-state index in [-0.39, 0.29) is 0 Å². The number of hydrogen-bond donors (Lipinski definition) is 1. The minimum Gasteiger partial charge on any atom is -0.370 e. The van der Waals surface area contributed by atoms with E-state index in [1.54, 1.807) is 6.20 Å². The molecule has 0 saturated carbocycles. The molecule has 0 atom stereocenters. The van der Waals surface area contributed by atoms with Gasteiger partial charge in [-0.3, -0.25) is 0 Å². The molecule has 0 unspecified atom stereocenters. The highest BCUT2D eigenvalue weighted by Gasteiger charge is 2.07. The van der Waals surface area contributed by atoms with Gasteiger partial charge in [-0.1, -0.05) is 38.1 Å². The van der Waals surface area contributed by atoms with Gasteiger partial charge in [0.05, 0.1) is 12.0 Å². The van der Waals surface area contributed by atoms with Crippen LogP contribution in [0.2, 0.25) is 0 Å². The Bertz CT molecular complexity index is 1020. The molecule has 0 aliphatic carbocycles. The fourth-order valence-corrected chi connectivity index (χ4v) is 3.30. The summed E-state index contributed by atoms with van der Waals surface area (Å²) in [4.78, 5) is 8.74. The summed E-state index contributed by atoms with van der Waals surface area (Å²) in [5, 5.41) is 8.05. The quantitative estimate of drug-likeness (QED) is 0.467. The summed E-state index contributed by atoms with van der Waals surface area (Å²) in [7, 11) is 0. The predicted octanol–water partition coefficient (Wildman–Crippen LogP) is 4.29. The van der Waals surface area contributed by atoms with Crippen molar-refractivity contribution in [1.29, 1.82) is 0 Å². The Kier molecular flexibility index (Phi) is 5.37. The molecule has 0 amide bonds. The Morgan fingerprint density at radius 1 is 1.07 bits per heavy atom. The van der Waals surface area contributed by atoms with Gasteiger partial charge in [-0.25, -0.2) is 14.5 Å². The molecule has 28 heavy (non-hydrogen) atoms. The fourth-order valence-electron chi connectivity index (χ4n) is 3.30. The number of nitrogens with one attached hydrogen (secondary N) is 1. The Hall–Kier alpha value is -3.15. The number of aryl methyl sites for hydroxylation is 1. The lowest BCUT2D eigenvalue weighted by molar-refractivity contribution is 0.647. The van der Waals surface area contributed by atoms with Crippen LogP contribution in [0, 0.1) is 5.92 Å². The fraction of sp³-hybridized carbons (Fsp3) is 0.318. The summed E-state index contributed by atoms with van der Waals surface area (Å²) < 4.78 is 3.90. The van der Waals surface area contributed by atoms with Crippen molar-refractivity contribution in [2.75, 3.05) is 11.9 Å². The van der Waals surface area contributed by atoms with E-state index in [1.807, 2.05) is 35.4 Å². The first-order valence-electron chi connectivity index (χ1n) is 9.83. The molecule has 4 rings (SSSR count). The highest BCUT2D eigenvalue weighted by Crippen LogP contribution is 2.21. The first-order chi connectivity index (χ1) is 13.7. The van der Waals surface area contributed by atoms with Crippen LogP contribution in [0.5, 0.6) is 0 Å². The molecule has 0 bridgehead atoms. The predicted molar refractivity (Wildman–Crippen MR) is 112 cm³/mol. The maximum Gasteiger partial charge on any atom is 0.157 e. The van der Waals surface area contributed by atoms with Crippen LogP contribution < -0.4 is 5.32 Å². The van der Waals surface area contributed by atoms with Crippen LogP contribution in [0.1, 0.15) is 25.8 Å². The molecule has 6 heteroatoms. The second-order valence-electron chi connectivity index (χ2n) is 7.52. The smallest absolute Gasteiger partial charge is 0.157 e. The monoisotopic (exact) mass is 374 g/mol. The minimum atomic E-state index is 0.663. The zero-order chi connectivity index (χ0) is 19.3. The van der Waals surface area contributed by atoms with E-state index in [4.69, 9.17) is 0 Å². The van der Waals surface area contributed by atoms with E-state index in [9.17, 15) is 0 Å². The van der Waals surface area contributed by atoms with Crippen LogP contribution in [-0.4, -0.2) is 30.7 Å². The molecule has 3 heterocycles. The van der Waals surface area contributed by atoms with Crippen molar-refractivity contribution in [1.82, 2.24) is 24.1 Å². The molecule has 144 valence electrons. The lowest BCUT2D eigenvalue weighted by Crippen LogP contribution is -2.07. The molecule has 0 radical (unpaired) electrons. The van der Waals surface area contributed by atoms with E-state index in [0.717, 1.165) is 48.7 Å². The van der Waals surface area contributed by atoms with Gasteiger partial charge in [-0.2, -0.15) is 5.10 Å². The van der Waals surface area contributed by atoms with Gasteiger partial charge in [-0.15, -0.1) is 0 Å². The zero-order valence-corrected chi connectivity index (χ0v) is 16.4. The number of nitrogens with zero attached hydrogens (tertiary/aromatic N) is 5. The van der Waals surface area contributed by atoms with Crippen LogP contribution in [0.3, 0.4) is 0 Å². The second kappa shape index (κ2) is 8.25. The maximum absolute atomic E-state index is 4.68. The van der Waals surface area contributed by atoms with Crippen LogP contribution in [0.4, 0.5) is 5.82 Å². The third kappa shape index (κ3) is 4.39. The topological polar surface area (TPSA) is 60.0 Å². The van der Waals surface area contributed by atoms with Crippen molar-refractivity contribution >= 4 is 11.5 Å². The van der Waals surface area contributed by atoms with Crippen LogP contribution in [0.15, 0.2) is 61.3 Å². The average molecular weight is 374 g/mol. The number of fused-ring (bicyclic) bond motifs is 1. The number of benzene rings is 1. The van der Waals surface area contributed by atoms with Crippen LogP contribution in [0.25, 0.3) is 16.9 Å². The molecular formula is C22H26N6. The minimum absolute atomic E-state index is 0.663. The zero-order valence-electron chi connectivity index (χ0n) is 16.4. The summed E-state index contributed by atoms with van der Waals surface area (Å²) >= 11 is 0. The van der Waals surface area contributed by atoms with E-state index in [1.165, 1.54) is 5.56 Å². The summed E-state index contributed by atoms with van der Waals surface area (Å²) in [5.74, 6) is 1.54. The molecule has 0 spiro atoms. The summed E-state index contributed by atoms with van der Waals surface area (Å²) in [5.41, 5.74) is 4.28. The van der Waals surface area contributed by atoms with Crippen molar-refractivity contribution < 1.29 is 0 Å². The molecule has 0 fully saturated rings. The molecule has 0 aliphatic heterocycles. The number of imidazole rings is 1. The van der Waals surface area contributed by atoms with Gasteiger partial charge < -0.3 is 9.88 Å². The Morgan fingerprint density at radius 2 is 1.93 bits per heavy atom. The summed E-state index contributed by atoms with van der Waals surface area (Å²) in [6.45, 7) is 6.29. The highest BCUT2D eigenvalue weighted by atomic mass is 15.3. The third-order valence-electron chi connectivity index (χ3n) is 4.68. The molecule has 1 aromatic carbocycles. The van der Waals surface area contributed by atoms with Gasteiger partial charge in [0.15, 0.2) is 5.65 Å². The van der Waals surface area contributed by atoms with Gasteiger partial charge in [0.1, 0.15) is 5.82 Å². The Labute approximate surface area is 165 Å². The van der Waals surface area contributed by atoms with Crippen molar-refractivity contribution in [2.45, 2.75) is 33.2 Å². The number of hydrogen-bond acceptors (Lipinski definition) is 4. The molecule has 0 saturated heterocycles. The normalized spacial score (nSPS) is 11.4. The first-order valence-corrected chi connectivity index (χ1v) is 9.83. The van der Waals surface area contributed by atoms with Gasteiger partial charge in [0.2, 0.25) is 0 Å². The van der Waals surface area contributed by atoms with Crippen molar-refractivity contribution in [3.05, 3.63) is 66.9 Å². The lowest BCUT2D eigenvalue weighted by Gasteiger charge is -2.06. The molecule has 4 aromatic rings. The van der Waals surface area contributed by atoms with E-state index >= 15 is 0 Å². The highest BCUT2D eigenvalue weighted by molar-refractivity contribution is 5.65. The SMILES string of the molecule is CC(C)Cc1ccc(-c2cc3nc(NCCCn4ccnc4)ccn3n2)cc1. The standard InChI is InChI=1S/C22H26N6/c1-17(2)14-18-4-6-19(7-5-18)20-15-22-25-21(8-12-28(22)26-20)24-9-3-11-27-13-10-23-16-27/h4-8,10,12-13,15-17H,3,9,11,14H2,1-2H3,(H,24,25). The van der Waals surface area contributed by atoms with Crippen LogP contribution >= 0.6 is 0 Å². The molecular weight excluding hydrogens is 348 g/mol. The van der Waals surface area contributed by atoms with E-state index < -0.39 is 0 Å². The van der Waals surface area contributed by atoms with Crippen LogP contribution in [-0.2, 0) is 13.0 Å². The number of anilines is 1. The Balaban J connectivity index is 1.41. The third-order valence-corrected chi connectivity index (χ3v) is 4.68. The van der Waals surface area contributed by atoms with Crippen molar-refractivity contribution in [3.63, 3.8) is 0 Å². The molecule has 3 aromatic heterocycles. The van der Waals surface area contributed by atoms with E-state index in [0.29, 0.717) is 5.92 Å². The van der Waals surface area contributed by atoms with Crippen molar-refractivity contribution in [2.24, 2.45) is 5.92 Å².